The molecule has 0 heterocycles. The van der Waals surface area contributed by atoms with Crippen LogP contribution in [0.15, 0.2) is 42.5 Å². The lowest BCUT2D eigenvalue weighted by atomic mass is 10.0. The molecule has 0 unspecified atom stereocenters. The SMILES string of the molecule is COc1ccccc1-c1ccc(CN)cc1F. The summed E-state index contributed by atoms with van der Waals surface area (Å²) in [5, 5.41) is 0. The van der Waals surface area contributed by atoms with Crippen LogP contribution in [0.25, 0.3) is 11.1 Å². The smallest absolute Gasteiger partial charge is 0.131 e. The number of halogens is 1. The van der Waals surface area contributed by atoms with E-state index >= 15 is 0 Å². The zero-order chi connectivity index (χ0) is 12.3. The van der Waals surface area contributed by atoms with E-state index < -0.39 is 0 Å². The second-order valence-electron chi connectivity index (χ2n) is 3.72. The van der Waals surface area contributed by atoms with Crippen LogP contribution in [0, 0.1) is 5.82 Å². The zero-order valence-corrected chi connectivity index (χ0v) is 9.61. The van der Waals surface area contributed by atoms with E-state index in [1.54, 1.807) is 13.2 Å². The Morgan fingerprint density at radius 2 is 1.88 bits per heavy atom. The molecule has 2 aromatic rings. The van der Waals surface area contributed by atoms with Gasteiger partial charge in [-0.15, -0.1) is 0 Å². The normalized spacial score (nSPS) is 10.3. The highest BCUT2D eigenvalue weighted by atomic mass is 19.1. The highest BCUT2D eigenvalue weighted by molar-refractivity contribution is 5.71. The van der Waals surface area contributed by atoms with Crippen LogP contribution in [-0.4, -0.2) is 7.11 Å². The second kappa shape index (κ2) is 4.97. The summed E-state index contributed by atoms with van der Waals surface area (Å²) >= 11 is 0. The molecule has 0 amide bonds. The third-order valence-corrected chi connectivity index (χ3v) is 2.67. The molecule has 2 nitrogen and oxygen atoms in total. The van der Waals surface area contributed by atoms with Crippen LogP contribution in [0.3, 0.4) is 0 Å². The molecule has 0 radical (unpaired) electrons. The molecule has 88 valence electrons. The number of methoxy groups -OCH3 is 1. The molecule has 0 atom stereocenters. The van der Waals surface area contributed by atoms with Gasteiger partial charge in [-0.2, -0.15) is 0 Å². The Kier molecular flexibility index (Phi) is 3.40. The zero-order valence-electron chi connectivity index (χ0n) is 9.61. The molecule has 0 bridgehead atoms. The largest absolute Gasteiger partial charge is 0.496 e. The first-order valence-corrected chi connectivity index (χ1v) is 5.38. The van der Waals surface area contributed by atoms with Crippen molar-refractivity contribution in [2.24, 2.45) is 5.73 Å². The van der Waals surface area contributed by atoms with Crippen LogP contribution < -0.4 is 10.5 Å². The van der Waals surface area contributed by atoms with Crippen molar-refractivity contribution in [3.8, 4) is 16.9 Å². The fourth-order valence-electron chi connectivity index (χ4n) is 1.77. The van der Waals surface area contributed by atoms with Gasteiger partial charge in [-0.3, -0.25) is 0 Å². The van der Waals surface area contributed by atoms with E-state index in [1.165, 1.54) is 6.07 Å². The lowest BCUT2D eigenvalue weighted by Crippen LogP contribution is -1.98. The number of benzene rings is 2. The van der Waals surface area contributed by atoms with Gasteiger partial charge in [0.15, 0.2) is 0 Å². The molecule has 3 heteroatoms. The minimum Gasteiger partial charge on any atom is -0.496 e. The van der Waals surface area contributed by atoms with Gasteiger partial charge < -0.3 is 10.5 Å². The van der Waals surface area contributed by atoms with Crippen LogP contribution in [0.1, 0.15) is 5.56 Å². The standard InChI is InChI=1S/C14H14FNO/c1-17-14-5-3-2-4-12(14)11-7-6-10(9-16)8-13(11)15/h2-8H,9,16H2,1H3. The van der Waals surface area contributed by atoms with Gasteiger partial charge in [-0.1, -0.05) is 30.3 Å². The molecule has 0 aliphatic carbocycles. The van der Waals surface area contributed by atoms with Crippen molar-refractivity contribution in [2.75, 3.05) is 7.11 Å². The summed E-state index contributed by atoms with van der Waals surface area (Å²) in [7, 11) is 1.57. The molecular formula is C14H14FNO. The Balaban J connectivity index is 2.53. The summed E-state index contributed by atoms with van der Waals surface area (Å²) in [6.07, 6.45) is 0. The Morgan fingerprint density at radius 1 is 1.12 bits per heavy atom. The Morgan fingerprint density at radius 3 is 2.53 bits per heavy atom. The van der Waals surface area contributed by atoms with Gasteiger partial charge in [0.05, 0.1) is 7.11 Å². The Hall–Kier alpha value is -1.87. The van der Waals surface area contributed by atoms with Gasteiger partial charge in [0, 0.05) is 17.7 Å². The van der Waals surface area contributed by atoms with E-state index in [0.29, 0.717) is 17.9 Å². The van der Waals surface area contributed by atoms with Gasteiger partial charge in [0.2, 0.25) is 0 Å². The first-order chi connectivity index (χ1) is 8.26. The maximum Gasteiger partial charge on any atom is 0.131 e. The highest BCUT2D eigenvalue weighted by Gasteiger charge is 2.10. The van der Waals surface area contributed by atoms with Gasteiger partial charge in [-0.25, -0.2) is 4.39 Å². The van der Waals surface area contributed by atoms with Crippen LogP contribution in [-0.2, 0) is 6.54 Å². The van der Waals surface area contributed by atoms with Crippen molar-refractivity contribution < 1.29 is 9.13 Å². The fraction of sp³-hybridized carbons (Fsp3) is 0.143. The first-order valence-electron chi connectivity index (χ1n) is 5.38. The third kappa shape index (κ3) is 2.29. The Bertz CT molecular complexity index is 525. The van der Waals surface area contributed by atoms with Crippen molar-refractivity contribution in [2.45, 2.75) is 6.54 Å². The van der Waals surface area contributed by atoms with Gasteiger partial charge >= 0.3 is 0 Å². The number of nitrogens with two attached hydrogens (primary N) is 1. The minimum atomic E-state index is -0.280. The maximum absolute atomic E-state index is 13.9. The number of hydrogen-bond donors (Lipinski definition) is 1. The Labute approximate surface area is 99.8 Å². The molecule has 0 saturated carbocycles. The van der Waals surface area contributed by atoms with Crippen LogP contribution in [0.5, 0.6) is 5.75 Å². The molecule has 17 heavy (non-hydrogen) atoms. The van der Waals surface area contributed by atoms with E-state index in [4.69, 9.17) is 10.5 Å². The van der Waals surface area contributed by atoms with Crippen molar-refractivity contribution in [1.29, 1.82) is 0 Å². The summed E-state index contributed by atoms with van der Waals surface area (Å²) in [4.78, 5) is 0. The summed E-state index contributed by atoms with van der Waals surface area (Å²) in [6.45, 7) is 0.336. The lowest BCUT2D eigenvalue weighted by Gasteiger charge is -2.09. The number of ether oxygens (including phenoxy) is 1. The minimum absolute atomic E-state index is 0.280. The summed E-state index contributed by atoms with van der Waals surface area (Å²) < 4.78 is 19.1. The highest BCUT2D eigenvalue weighted by Crippen LogP contribution is 2.31. The van der Waals surface area contributed by atoms with E-state index in [1.807, 2.05) is 30.3 Å². The quantitative estimate of drug-likeness (QED) is 0.881. The van der Waals surface area contributed by atoms with Crippen molar-refractivity contribution in [3.05, 3.63) is 53.8 Å². The maximum atomic E-state index is 13.9. The average molecular weight is 231 g/mol. The molecule has 2 rings (SSSR count). The van der Waals surface area contributed by atoms with Gasteiger partial charge in [0.1, 0.15) is 11.6 Å². The molecule has 0 aromatic heterocycles. The van der Waals surface area contributed by atoms with Crippen LogP contribution >= 0.6 is 0 Å². The van der Waals surface area contributed by atoms with Crippen molar-refractivity contribution in [3.63, 3.8) is 0 Å². The third-order valence-electron chi connectivity index (χ3n) is 2.67. The fourth-order valence-corrected chi connectivity index (χ4v) is 1.77. The average Bonchev–Trinajstić information content (AvgIpc) is 2.38. The van der Waals surface area contributed by atoms with Crippen molar-refractivity contribution >= 4 is 0 Å². The first kappa shape index (κ1) is 11.6. The van der Waals surface area contributed by atoms with Crippen LogP contribution in [0.4, 0.5) is 4.39 Å². The van der Waals surface area contributed by atoms with E-state index in [-0.39, 0.29) is 5.82 Å². The number of rotatable bonds is 3. The lowest BCUT2D eigenvalue weighted by molar-refractivity contribution is 0.416. The van der Waals surface area contributed by atoms with Gasteiger partial charge in [0.25, 0.3) is 0 Å². The van der Waals surface area contributed by atoms with E-state index in [0.717, 1.165) is 11.1 Å². The molecule has 2 aromatic carbocycles. The number of para-hydroxylation sites is 1. The molecular weight excluding hydrogens is 217 g/mol. The molecule has 0 spiro atoms. The van der Waals surface area contributed by atoms with Crippen LogP contribution in [0.2, 0.25) is 0 Å². The molecule has 0 aliphatic rings. The molecule has 0 aliphatic heterocycles. The van der Waals surface area contributed by atoms with Gasteiger partial charge in [-0.05, 0) is 17.7 Å². The monoisotopic (exact) mass is 231 g/mol. The summed E-state index contributed by atoms with van der Waals surface area (Å²) in [5.41, 5.74) is 7.52. The molecule has 2 N–H and O–H groups in total. The summed E-state index contributed by atoms with van der Waals surface area (Å²) in [5.74, 6) is 0.379. The molecule has 0 saturated heterocycles. The molecule has 0 fully saturated rings. The van der Waals surface area contributed by atoms with Crippen molar-refractivity contribution in [1.82, 2.24) is 0 Å². The summed E-state index contributed by atoms with van der Waals surface area (Å²) in [6, 6.07) is 12.4. The predicted molar refractivity (Wildman–Crippen MR) is 66.3 cm³/mol. The van der Waals surface area contributed by atoms with E-state index in [9.17, 15) is 4.39 Å². The van der Waals surface area contributed by atoms with E-state index in [2.05, 4.69) is 0 Å². The second-order valence-corrected chi connectivity index (χ2v) is 3.72. The topological polar surface area (TPSA) is 35.2 Å². The predicted octanol–water partition coefficient (Wildman–Crippen LogP) is 2.96. The number of hydrogen-bond acceptors (Lipinski definition) is 2.